The van der Waals surface area contributed by atoms with Gasteiger partial charge in [-0.1, -0.05) is 6.07 Å². The standard InChI is InChI=1S/C15H14F2N2O5S/c1-8-10(19(21)22)6-13(25-8)14(20)18-7-9-3-4-11(24-15(16)17)12(5-9)23-2/h3-6,15H,7H2,1-2H3,(H,18,20). The minimum atomic E-state index is -2.97. The summed E-state index contributed by atoms with van der Waals surface area (Å²) >= 11 is 1.02. The monoisotopic (exact) mass is 372 g/mol. The number of halogens is 2. The molecule has 0 saturated heterocycles. The summed E-state index contributed by atoms with van der Waals surface area (Å²) in [5.74, 6) is -0.472. The van der Waals surface area contributed by atoms with Crippen LogP contribution in [0.3, 0.4) is 0 Å². The van der Waals surface area contributed by atoms with Crippen LogP contribution < -0.4 is 14.8 Å². The average Bonchev–Trinajstić information content (AvgIpc) is 2.95. The second-order valence-electron chi connectivity index (χ2n) is 4.86. The Labute approximate surface area is 145 Å². The molecule has 25 heavy (non-hydrogen) atoms. The van der Waals surface area contributed by atoms with Crippen LogP contribution in [-0.2, 0) is 6.54 Å². The van der Waals surface area contributed by atoms with E-state index in [1.165, 1.54) is 31.4 Å². The van der Waals surface area contributed by atoms with Crippen molar-refractivity contribution in [2.75, 3.05) is 7.11 Å². The van der Waals surface area contributed by atoms with Crippen LogP contribution in [0.15, 0.2) is 24.3 Å². The molecule has 0 saturated carbocycles. The van der Waals surface area contributed by atoms with Gasteiger partial charge in [-0.15, -0.1) is 11.3 Å². The van der Waals surface area contributed by atoms with E-state index in [1.54, 1.807) is 6.92 Å². The van der Waals surface area contributed by atoms with Gasteiger partial charge in [-0.25, -0.2) is 0 Å². The lowest BCUT2D eigenvalue weighted by Crippen LogP contribution is -2.21. The molecule has 1 aromatic carbocycles. The number of rotatable bonds is 7. The van der Waals surface area contributed by atoms with Gasteiger partial charge in [-0.05, 0) is 24.6 Å². The first-order valence-electron chi connectivity index (χ1n) is 6.96. The number of hydrogen-bond acceptors (Lipinski definition) is 6. The molecular formula is C15H14F2N2O5S. The number of benzene rings is 1. The summed E-state index contributed by atoms with van der Waals surface area (Å²) < 4.78 is 33.9. The van der Waals surface area contributed by atoms with E-state index in [0.717, 1.165) is 11.3 Å². The van der Waals surface area contributed by atoms with Gasteiger partial charge in [-0.2, -0.15) is 8.78 Å². The van der Waals surface area contributed by atoms with E-state index in [1.807, 2.05) is 0 Å². The van der Waals surface area contributed by atoms with E-state index >= 15 is 0 Å². The third-order valence-corrected chi connectivity index (χ3v) is 4.25. The molecule has 0 atom stereocenters. The number of ether oxygens (including phenoxy) is 2. The Bertz CT molecular complexity index is 794. The largest absolute Gasteiger partial charge is 0.493 e. The fourth-order valence-electron chi connectivity index (χ4n) is 2.05. The molecule has 1 aromatic heterocycles. The second kappa shape index (κ2) is 7.88. The third kappa shape index (κ3) is 4.63. The van der Waals surface area contributed by atoms with Crippen LogP contribution in [0.5, 0.6) is 11.5 Å². The fourth-order valence-corrected chi connectivity index (χ4v) is 2.95. The van der Waals surface area contributed by atoms with Gasteiger partial charge in [0.15, 0.2) is 11.5 Å². The number of aryl methyl sites for hydroxylation is 1. The summed E-state index contributed by atoms with van der Waals surface area (Å²) in [6.45, 7) is -1.32. The third-order valence-electron chi connectivity index (χ3n) is 3.21. The quantitative estimate of drug-likeness (QED) is 0.593. The molecule has 0 fully saturated rings. The van der Waals surface area contributed by atoms with Crippen molar-refractivity contribution in [3.05, 3.63) is 49.7 Å². The number of amides is 1. The normalized spacial score (nSPS) is 10.6. The summed E-state index contributed by atoms with van der Waals surface area (Å²) in [4.78, 5) is 23.0. The van der Waals surface area contributed by atoms with Gasteiger partial charge in [-0.3, -0.25) is 14.9 Å². The Morgan fingerprint density at radius 1 is 1.36 bits per heavy atom. The van der Waals surface area contributed by atoms with Crippen LogP contribution >= 0.6 is 11.3 Å². The lowest BCUT2D eigenvalue weighted by atomic mass is 10.2. The van der Waals surface area contributed by atoms with E-state index in [2.05, 4.69) is 10.1 Å². The zero-order valence-corrected chi connectivity index (χ0v) is 14.1. The maximum absolute atomic E-state index is 12.3. The maximum Gasteiger partial charge on any atom is 0.387 e. The van der Waals surface area contributed by atoms with Crippen LogP contribution in [-0.4, -0.2) is 24.6 Å². The highest BCUT2D eigenvalue weighted by molar-refractivity contribution is 7.14. The number of methoxy groups -OCH3 is 1. The smallest absolute Gasteiger partial charge is 0.387 e. The number of thiophene rings is 1. The Morgan fingerprint density at radius 3 is 2.64 bits per heavy atom. The number of hydrogen-bond donors (Lipinski definition) is 1. The highest BCUT2D eigenvalue weighted by atomic mass is 32.1. The van der Waals surface area contributed by atoms with Gasteiger partial charge < -0.3 is 14.8 Å². The molecule has 10 heteroatoms. The molecule has 0 spiro atoms. The van der Waals surface area contributed by atoms with Gasteiger partial charge in [0.2, 0.25) is 0 Å². The number of carbonyl (C=O) groups is 1. The van der Waals surface area contributed by atoms with Gasteiger partial charge in [0.05, 0.1) is 21.8 Å². The Kier molecular flexibility index (Phi) is 5.86. The molecule has 2 rings (SSSR count). The van der Waals surface area contributed by atoms with Gasteiger partial charge >= 0.3 is 6.61 Å². The topological polar surface area (TPSA) is 90.7 Å². The van der Waals surface area contributed by atoms with Crippen molar-refractivity contribution in [1.29, 1.82) is 0 Å². The van der Waals surface area contributed by atoms with Crippen LogP contribution in [0.1, 0.15) is 20.1 Å². The van der Waals surface area contributed by atoms with Crippen molar-refractivity contribution >= 4 is 22.9 Å². The molecule has 0 aliphatic rings. The molecule has 1 N–H and O–H groups in total. The summed E-state index contributed by atoms with van der Waals surface area (Å²) in [5, 5.41) is 13.4. The summed E-state index contributed by atoms with van der Waals surface area (Å²) in [7, 11) is 1.31. The van der Waals surface area contributed by atoms with E-state index in [0.29, 0.717) is 10.4 Å². The number of nitro groups is 1. The molecule has 0 aliphatic carbocycles. The summed E-state index contributed by atoms with van der Waals surface area (Å²) in [6.07, 6.45) is 0. The first kappa shape index (κ1) is 18.6. The molecule has 1 heterocycles. The Balaban J connectivity index is 2.06. The first-order chi connectivity index (χ1) is 11.8. The van der Waals surface area contributed by atoms with Crippen LogP contribution in [0, 0.1) is 17.0 Å². The lowest BCUT2D eigenvalue weighted by molar-refractivity contribution is -0.385. The first-order valence-corrected chi connectivity index (χ1v) is 7.78. The Morgan fingerprint density at radius 2 is 2.08 bits per heavy atom. The van der Waals surface area contributed by atoms with Gasteiger partial charge in [0, 0.05) is 12.6 Å². The molecule has 0 bridgehead atoms. The SMILES string of the molecule is COc1cc(CNC(=O)c2cc([N+](=O)[O-])c(C)s2)ccc1OC(F)F. The highest BCUT2D eigenvalue weighted by Crippen LogP contribution is 2.30. The maximum atomic E-state index is 12.3. The molecule has 1 amide bonds. The summed E-state index contributed by atoms with van der Waals surface area (Å²) in [6, 6.07) is 5.49. The number of nitrogens with zero attached hydrogens (tertiary/aromatic N) is 1. The molecule has 0 aliphatic heterocycles. The van der Waals surface area contributed by atoms with Crippen molar-refractivity contribution < 1.29 is 28.0 Å². The lowest BCUT2D eigenvalue weighted by Gasteiger charge is -2.11. The molecule has 0 unspecified atom stereocenters. The number of carbonyl (C=O) groups excluding carboxylic acids is 1. The van der Waals surface area contributed by atoms with Crippen LogP contribution in [0.2, 0.25) is 0 Å². The molecule has 7 nitrogen and oxygen atoms in total. The number of nitrogens with one attached hydrogen (secondary N) is 1. The van der Waals surface area contributed by atoms with Crippen LogP contribution in [0.25, 0.3) is 0 Å². The second-order valence-corrected chi connectivity index (χ2v) is 6.11. The summed E-state index contributed by atoms with van der Waals surface area (Å²) in [5.41, 5.74) is 0.486. The fraction of sp³-hybridized carbons (Fsp3) is 0.267. The molecule has 0 radical (unpaired) electrons. The molecule has 2 aromatic rings. The predicted molar refractivity (Wildman–Crippen MR) is 86.5 cm³/mol. The van der Waals surface area contributed by atoms with E-state index in [4.69, 9.17) is 4.74 Å². The van der Waals surface area contributed by atoms with Gasteiger partial charge in [0.1, 0.15) is 0 Å². The zero-order chi connectivity index (χ0) is 18.6. The number of alkyl halides is 2. The minimum Gasteiger partial charge on any atom is -0.493 e. The van der Waals surface area contributed by atoms with Crippen molar-refractivity contribution in [3.63, 3.8) is 0 Å². The highest BCUT2D eigenvalue weighted by Gasteiger charge is 2.19. The van der Waals surface area contributed by atoms with Crippen molar-refractivity contribution in [2.24, 2.45) is 0 Å². The molecule has 134 valence electrons. The predicted octanol–water partition coefficient (Wildman–Crippen LogP) is 3.50. The zero-order valence-electron chi connectivity index (χ0n) is 13.2. The Hall–Kier alpha value is -2.75. The van der Waals surface area contributed by atoms with E-state index in [9.17, 15) is 23.7 Å². The minimum absolute atomic E-state index is 0.0922. The van der Waals surface area contributed by atoms with E-state index < -0.39 is 17.4 Å². The average molecular weight is 372 g/mol. The van der Waals surface area contributed by atoms with Crippen molar-refractivity contribution in [3.8, 4) is 11.5 Å². The molecular weight excluding hydrogens is 358 g/mol. The van der Waals surface area contributed by atoms with Crippen molar-refractivity contribution in [2.45, 2.75) is 20.1 Å². The van der Waals surface area contributed by atoms with Gasteiger partial charge in [0.25, 0.3) is 11.6 Å². The van der Waals surface area contributed by atoms with Crippen LogP contribution in [0.4, 0.5) is 14.5 Å². The van der Waals surface area contributed by atoms with E-state index in [-0.39, 0.29) is 28.6 Å². The van der Waals surface area contributed by atoms with Crippen molar-refractivity contribution in [1.82, 2.24) is 5.32 Å².